The van der Waals surface area contributed by atoms with E-state index in [0.717, 1.165) is 42.0 Å². The normalized spacial score (nSPS) is 16.4. The molecular weight excluding hydrogens is 356 g/mol. The molecular formula is C20H22N6O2. The van der Waals surface area contributed by atoms with E-state index < -0.39 is 0 Å². The third kappa shape index (κ3) is 3.71. The Labute approximate surface area is 163 Å². The Balaban J connectivity index is 1.46. The number of aromatic nitrogens is 4. The zero-order valence-corrected chi connectivity index (χ0v) is 15.9. The molecule has 1 aliphatic rings. The summed E-state index contributed by atoms with van der Waals surface area (Å²) in [6, 6.07) is 5.65. The predicted molar refractivity (Wildman–Crippen MR) is 103 cm³/mol. The van der Waals surface area contributed by atoms with E-state index in [4.69, 9.17) is 4.52 Å². The molecule has 144 valence electrons. The molecule has 4 heterocycles. The largest absolute Gasteiger partial charge is 0.361 e. The van der Waals surface area contributed by atoms with Crippen molar-refractivity contribution in [2.24, 2.45) is 0 Å². The number of amides is 1. The molecule has 1 N–H and O–H groups in total. The van der Waals surface area contributed by atoms with Crippen LogP contribution in [0.25, 0.3) is 0 Å². The molecule has 1 fully saturated rings. The molecule has 3 aromatic heterocycles. The lowest BCUT2D eigenvalue weighted by Gasteiger charge is -2.24. The number of anilines is 2. The number of hydrogen-bond acceptors (Lipinski definition) is 7. The van der Waals surface area contributed by atoms with Gasteiger partial charge in [0.25, 0.3) is 0 Å². The maximum Gasteiger partial charge on any atom is 0.227 e. The lowest BCUT2D eigenvalue weighted by Crippen LogP contribution is -2.32. The topological polar surface area (TPSA) is 97.0 Å². The smallest absolute Gasteiger partial charge is 0.227 e. The Kier molecular flexibility index (Phi) is 5.01. The van der Waals surface area contributed by atoms with Crippen molar-refractivity contribution < 1.29 is 9.32 Å². The van der Waals surface area contributed by atoms with Crippen LogP contribution < -0.4 is 5.32 Å². The first kappa shape index (κ1) is 18.1. The summed E-state index contributed by atoms with van der Waals surface area (Å²) in [6.07, 6.45) is 7.30. The van der Waals surface area contributed by atoms with Gasteiger partial charge >= 0.3 is 0 Å². The van der Waals surface area contributed by atoms with Crippen LogP contribution in [-0.2, 0) is 11.2 Å². The van der Waals surface area contributed by atoms with Crippen molar-refractivity contribution >= 4 is 17.5 Å². The highest BCUT2D eigenvalue weighted by Gasteiger charge is 2.31. The molecule has 1 unspecified atom stereocenters. The molecule has 1 atom stereocenters. The Morgan fingerprint density at radius 3 is 2.75 bits per heavy atom. The van der Waals surface area contributed by atoms with Gasteiger partial charge < -0.3 is 14.7 Å². The second-order valence-corrected chi connectivity index (χ2v) is 6.89. The summed E-state index contributed by atoms with van der Waals surface area (Å²) in [6.45, 7) is 4.45. The third-order valence-corrected chi connectivity index (χ3v) is 5.03. The number of pyridine rings is 1. The van der Waals surface area contributed by atoms with Gasteiger partial charge in [-0.15, -0.1) is 0 Å². The molecule has 4 rings (SSSR count). The number of hydrogen-bond donors (Lipinski definition) is 1. The fraction of sp³-hybridized carbons (Fsp3) is 0.350. The van der Waals surface area contributed by atoms with E-state index in [9.17, 15) is 4.79 Å². The SMILES string of the molecule is Cc1noc(C)c1CC(=O)N1CCCC1c1ccc(Nc2ncccn2)cn1. The van der Waals surface area contributed by atoms with Gasteiger partial charge in [-0.25, -0.2) is 9.97 Å². The summed E-state index contributed by atoms with van der Waals surface area (Å²) < 4.78 is 5.18. The number of nitrogens with one attached hydrogen (secondary N) is 1. The van der Waals surface area contributed by atoms with E-state index in [-0.39, 0.29) is 11.9 Å². The van der Waals surface area contributed by atoms with Gasteiger partial charge in [0.15, 0.2) is 0 Å². The summed E-state index contributed by atoms with van der Waals surface area (Å²) in [5.41, 5.74) is 3.36. The minimum atomic E-state index is -0.00463. The van der Waals surface area contributed by atoms with E-state index in [2.05, 4.69) is 25.4 Å². The summed E-state index contributed by atoms with van der Waals surface area (Å²) >= 11 is 0. The van der Waals surface area contributed by atoms with Crippen LogP contribution in [0.1, 0.15) is 41.6 Å². The molecule has 1 saturated heterocycles. The standard InChI is InChI=1S/C20H22N6O2/c1-13-16(14(2)28-25-13)11-19(27)26-10-3-5-18(26)17-7-6-15(12-23-17)24-20-21-8-4-9-22-20/h4,6-9,12,18H,3,5,10-11H2,1-2H3,(H,21,22,24). The molecule has 0 aliphatic carbocycles. The number of nitrogens with zero attached hydrogens (tertiary/aromatic N) is 5. The summed E-state index contributed by atoms with van der Waals surface area (Å²) in [5.74, 6) is 1.31. The monoisotopic (exact) mass is 378 g/mol. The highest BCUT2D eigenvalue weighted by atomic mass is 16.5. The quantitative estimate of drug-likeness (QED) is 0.728. The molecule has 0 saturated carbocycles. The van der Waals surface area contributed by atoms with Gasteiger partial charge in [-0.05, 0) is 44.9 Å². The molecule has 0 bridgehead atoms. The first-order valence-electron chi connectivity index (χ1n) is 9.33. The number of aryl methyl sites for hydroxylation is 2. The molecule has 1 amide bonds. The average Bonchev–Trinajstić information content (AvgIpc) is 3.32. The third-order valence-electron chi connectivity index (χ3n) is 5.03. The molecule has 0 spiro atoms. The molecule has 3 aromatic rings. The van der Waals surface area contributed by atoms with Crippen LogP contribution in [0.2, 0.25) is 0 Å². The predicted octanol–water partition coefficient (Wildman–Crippen LogP) is 3.13. The van der Waals surface area contributed by atoms with E-state index in [1.165, 1.54) is 0 Å². The maximum atomic E-state index is 12.9. The molecule has 0 aromatic carbocycles. The van der Waals surface area contributed by atoms with Crippen molar-refractivity contribution in [1.29, 1.82) is 0 Å². The fourth-order valence-corrected chi connectivity index (χ4v) is 3.55. The van der Waals surface area contributed by atoms with Gasteiger partial charge in [0, 0.05) is 24.5 Å². The number of carbonyl (C=O) groups is 1. The Morgan fingerprint density at radius 1 is 1.25 bits per heavy atom. The lowest BCUT2D eigenvalue weighted by atomic mass is 10.1. The van der Waals surface area contributed by atoms with Crippen molar-refractivity contribution in [3.8, 4) is 0 Å². The highest BCUT2D eigenvalue weighted by molar-refractivity contribution is 5.80. The minimum Gasteiger partial charge on any atom is -0.361 e. The number of likely N-dealkylation sites (tertiary alicyclic amines) is 1. The van der Waals surface area contributed by atoms with E-state index in [0.29, 0.717) is 18.1 Å². The zero-order chi connectivity index (χ0) is 19.5. The second kappa shape index (κ2) is 7.75. The first-order chi connectivity index (χ1) is 13.6. The minimum absolute atomic E-state index is 0.00463. The van der Waals surface area contributed by atoms with Crippen LogP contribution in [0, 0.1) is 13.8 Å². The number of carbonyl (C=O) groups excluding carboxylic acids is 1. The van der Waals surface area contributed by atoms with Gasteiger partial charge in [-0.2, -0.15) is 0 Å². The number of rotatable bonds is 5. The summed E-state index contributed by atoms with van der Waals surface area (Å²) in [5, 5.41) is 7.06. The molecule has 0 radical (unpaired) electrons. The van der Waals surface area contributed by atoms with Crippen molar-refractivity contribution in [1.82, 2.24) is 25.0 Å². The average molecular weight is 378 g/mol. The van der Waals surface area contributed by atoms with Gasteiger partial charge in [0.05, 0.1) is 35.7 Å². The van der Waals surface area contributed by atoms with E-state index in [1.54, 1.807) is 24.7 Å². The van der Waals surface area contributed by atoms with Gasteiger partial charge in [-0.3, -0.25) is 9.78 Å². The Morgan fingerprint density at radius 2 is 2.07 bits per heavy atom. The Bertz CT molecular complexity index is 935. The van der Waals surface area contributed by atoms with Crippen LogP contribution in [-0.4, -0.2) is 37.5 Å². The summed E-state index contributed by atoms with van der Waals surface area (Å²) in [7, 11) is 0. The van der Waals surface area contributed by atoms with Crippen LogP contribution in [0.4, 0.5) is 11.6 Å². The maximum absolute atomic E-state index is 12.9. The lowest BCUT2D eigenvalue weighted by molar-refractivity contribution is -0.131. The second-order valence-electron chi connectivity index (χ2n) is 6.89. The van der Waals surface area contributed by atoms with Crippen LogP contribution in [0.15, 0.2) is 41.3 Å². The molecule has 8 heteroatoms. The van der Waals surface area contributed by atoms with Crippen LogP contribution in [0.5, 0.6) is 0 Å². The van der Waals surface area contributed by atoms with Gasteiger partial charge in [-0.1, -0.05) is 5.16 Å². The van der Waals surface area contributed by atoms with Gasteiger partial charge in [0.2, 0.25) is 11.9 Å². The molecule has 28 heavy (non-hydrogen) atoms. The molecule has 1 aliphatic heterocycles. The van der Waals surface area contributed by atoms with Crippen molar-refractivity contribution in [3.05, 3.63) is 59.5 Å². The fourth-order valence-electron chi connectivity index (χ4n) is 3.55. The van der Waals surface area contributed by atoms with E-state index in [1.807, 2.05) is 30.9 Å². The van der Waals surface area contributed by atoms with Crippen molar-refractivity contribution in [2.75, 3.05) is 11.9 Å². The van der Waals surface area contributed by atoms with E-state index >= 15 is 0 Å². The Hall–Kier alpha value is -3.29. The first-order valence-corrected chi connectivity index (χ1v) is 9.33. The molecule has 8 nitrogen and oxygen atoms in total. The van der Waals surface area contributed by atoms with Gasteiger partial charge in [0.1, 0.15) is 5.76 Å². The van der Waals surface area contributed by atoms with Crippen LogP contribution in [0.3, 0.4) is 0 Å². The van der Waals surface area contributed by atoms with Crippen molar-refractivity contribution in [2.45, 2.75) is 39.2 Å². The summed E-state index contributed by atoms with van der Waals surface area (Å²) in [4.78, 5) is 27.7. The van der Waals surface area contributed by atoms with Crippen LogP contribution >= 0.6 is 0 Å². The highest BCUT2D eigenvalue weighted by Crippen LogP contribution is 2.32. The zero-order valence-electron chi connectivity index (χ0n) is 15.9. The van der Waals surface area contributed by atoms with Crippen molar-refractivity contribution in [3.63, 3.8) is 0 Å².